The molecule has 1 fully saturated rings. The zero-order valence-electron chi connectivity index (χ0n) is 44.3. The van der Waals surface area contributed by atoms with Gasteiger partial charge in [0.15, 0.2) is 35.3 Å². The SMILES string of the molecule is CC(=O)C(C1CCCNC1)S(=O)(=O)C(C)(C)C(=O)Nc1cc(C(C)(C)C)on1.CC(C)(C)S(=O)(=O)C(C)(C)C(=O)Nc1cc(C(F)(F)F)ccn1.CC(C)(C)S(=O)(=O)C(C)(C)C(=O)Nc1cccc(C(F)(F)F)n1. The van der Waals surface area contributed by atoms with Crippen LogP contribution in [-0.2, 0) is 66.5 Å². The number of amides is 3. The van der Waals surface area contributed by atoms with E-state index < -0.39 is 106 Å². The highest BCUT2D eigenvalue weighted by molar-refractivity contribution is 7.95. The van der Waals surface area contributed by atoms with Crippen molar-refractivity contribution in [1.29, 1.82) is 0 Å². The van der Waals surface area contributed by atoms with Crippen LogP contribution in [-0.4, -0.2) is 106 Å². The van der Waals surface area contributed by atoms with Crippen LogP contribution in [0.25, 0.3) is 0 Å². The van der Waals surface area contributed by atoms with Crippen molar-refractivity contribution in [3.05, 3.63) is 59.6 Å². The second-order valence-electron chi connectivity index (χ2n) is 22.0. The Balaban J connectivity index is 0.000000383. The summed E-state index contributed by atoms with van der Waals surface area (Å²) in [7, 11) is -11.9. The van der Waals surface area contributed by atoms with Crippen molar-refractivity contribution in [1.82, 2.24) is 20.4 Å². The lowest BCUT2D eigenvalue weighted by Crippen LogP contribution is -2.54. The van der Waals surface area contributed by atoms with Crippen LogP contribution < -0.4 is 21.3 Å². The Morgan fingerprint density at radius 2 is 1.12 bits per heavy atom. The molecule has 1 aliphatic rings. The second kappa shape index (κ2) is 22.7. The molecule has 0 spiro atoms. The normalized spacial score (nSPS) is 16.1. The first-order valence-electron chi connectivity index (χ1n) is 22.9. The minimum absolute atomic E-state index is 0.150. The molecule has 4 rings (SSSR count). The van der Waals surface area contributed by atoms with Crippen LogP contribution in [0.2, 0.25) is 0 Å². The van der Waals surface area contributed by atoms with Crippen molar-refractivity contribution >= 4 is 70.5 Å². The van der Waals surface area contributed by atoms with Crippen LogP contribution in [0.3, 0.4) is 0 Å². The molecule has 2 unspecified atom stereocenters. The van der Waals surface area contributed by atoms with Gasteiger partial charge in [-0.3, -0.25) is 19.2 Å². The number of anilines is 3. The number of carbonyl (C=O) groups excluding carboxylic acids is 4. The van der Waals surface area contributed by atoms with Crippen LogP contribution in [0.15, 0.2) is 47.1 Å². The van der Waals surface area contributed by atoms with Gasteiger partial charge in [0.2, 0.25) is 17.7 Å². The van der Waals surface area contributed by atoms with Gasteiger partial charge in [0, 0.05) is 17.7 Å². The molecule has 418 valence electrons. The molecule has 0 aliphatic carbocycles. The van der Waals surface area contributed by atoms with Gasteiger partial charge in [0.25, 0.3) is 0 Å². The fourth-order valence-corrected chi connectivity index (χ4v) is 12.8. The zero-order valence-corrected chi connectivity index (χ0v) is 46.8. The topological polar surface area (TPSA) is 271 Å². The van der Waals surface area contributed by atoms with Gasteiger partial charge >= 0.3 is 12.4 Å². The highest BCUT2D eigenvalue weighted by Crippen LogP contribution is 2.35. The summed E-state index contributed by atoms with van der Waals surface area (Å²) < 4.78 is 150. The molecule has 0 radical (unpaired) electrons. The lowest BCUT2D eigenvalue weighted by Gasteiger charge is -2.34. The number of nitrogens with zero attached hydrogens (tertiary/aromatic N) is 3. The van der Waals surface area contributed by atoms with Crippen molar-refractivity contribution in [2.45, 2.75) is 170 Å². The summed E-state index contributed by atoms with van der Waals surface area (Å²) >= 11 is 0. The number of sulfone groups is 3. The predicted octanol–water partition coefficient (Wildman–Crippen LogP) is 8.12. The molecule has 74 heavy (non-hydrogen) atoms. The van der Waals surface area contributed by atoms with Crippen molar-refractivity contribution < 1.29 is 75.3 Å². The van der Waals surface area contributed by atoms with E-state index in [9.17, 15) is 70.8 Å². The molecule has 1 aliphatic heterocycles. The molecule has 0 bridgehead atoms. The van der Waals surface area contributed by atoms with Crippen molar-refractivity contribution in [3.63, 3.8) is 0 Å². The molecule has 0 saturated carbocycles. The molecule has 3 aromatic rings. The number of Topliss-reactive ketones (excluding diaryl/α,β-unsaturated/α-hetero) is 1. The highest BCUT2D eigenvalue weighted by Gasteiger charge is 2.52. The number of hydrogen-bond donors (Lipinski definition) is 4. The summed E-state index contributed by atoms with van der Waals surface area (Å²) in [5.74, 6) is -3.41. The summed E-state index contributed by atoms with van der Waals surface area (Å²) in [6.45, 7) is 24.5. The van der Waals surface area contributed by atoms with Crippen molar-refractivity contribution in [3.8, 4) is 0 Å². The Morgan fingerprint density at radius 3 is 1.53 bits per heavy atom. The minimum Gasteiger partial charge on any atom is -0.359 e. The molecular weight excluding hydrogens is 1050 g/mol. The predicted molar refractivity (Wildman–Crippen MR) is 268 cm³/mol. The number of hydrogen-bond acceptors (Lipinski definition) is 15. The lowest BCUT2D eigenvalue weighted by molar-refractivity contribution is -0.141. The number of pyridine rings is 2. The Morgan fingerprint density at radius 1 is 0.649 bits per heavy atom. The van der Waals surface area contributed by atoms with Gasteiger partial charge in [-0.05, 0) is 146 Å². The van der Waals surface area contributed by atoms with E-state index >= 15 is 0 Å². The zero-order chi connectivity index (χ0) is 57.9. The number of carbonyl (C=O) groups is 4. The molecule has 4 N–H and O–H groups in total. The first-order valence-corrected chi connectivity index (χ1v) is 27.4. The van der Waals surface area contributed by atoms with E-state index in [0.29, 0.717) is 24.8 Å². The smallest absolute Gasteiger partial charge is 0.359 e. The lowest BCUT2D eigenvalue weighted by atomic mass is 9.93. The van der Waals surface area contributed by atoms with Crippen LogP contribution in [0.5, 0.6) is 0 Å². The number of nitrogens with one attached hydrogen (secondary N) is 4. The largest absolute Gasteiger partial charge is 0.433 e. The number of alkyl halides is 6. The average Bonchev–Trinajstić information content (AvgIpc) is 3.72. The first kappa shape index (κ1) is 65.1. The highest BCUT2D eigenvalue weighted by atomic mass is 32.2. The number of piperidine rings is 1. The Kier molecular flexibility index (Phi) is 19.9. The van der Waals surface area contributed by atoms with Crippen LogP contribution in [0.1, 0.15) is 141 Å². The summed E-state index contributed by atoms with van der Waals surface area (Å²) in [6.07, 6.45) is -6.93. The van der Waals surface area contributed by atoms with Crippen LogP contribution >= 0.6 is 0 Å². The van der Waals surface area contributed by atoms with Gasteiger partial charge in [-0.15, -0.1) is 0 Å². The fourth-order valence-electron chi connectivity index (χ4n) is 6.99. The van der Waals surface area contributed by atoms with E-state index in [4.69, 9.17) is 4.52 Å². The maximum atomic E-state index is 13.3. The maximum Gasteiger partial charge on any atom is 0.433 e. The van der Waals surface area contributed by atoms with E-state index in [1.165, 1.54) is 90.0 Å². The standard InChI is InChI=1S/C19H31N3O5S.2C14H19F3N2O3S/c1-12(23)16(13-8-7-9-20-11-13)28(25,26)19(5,6)17(24)21-15-10-14(27-22-15)18(2,3)4;1-12(2,3)23(21,22)13(4,5)11(20)19-10-8-9(6-7-18-10)14(15,16)17;1-12(2,3)23(21,22)13(4,5)11(20)19-10-8-6-7-9(18-10)14(15,16)17/h10,13,16,20H,7-9,11H2,1-6H3,(H,21,22,24);2*6-8H,1-5H3,(H,18,19,20). The number of rotatable bonds is 12. The van der Waals surface area contributed by atoms with E-state index in [2.05, 4.69) is 36.4 Å². The van der Waals surface area contributed by atoms with Gasteiger partial charge in [-0.25, -0.2) is 35.2 Å². The third-order valence-electron chi connectivity index (χ3n) is 11.9. The Hall–Kier alpha value is -5.02. The van der Waals surface area contributed by atoms with Gasteiger partial charge in [0.1, 0.15) is 48.4 Å². The third kappa shape index (κ3) is 15.1. The summed E-state index contributed by atoms with van der Waals surface area (Å²) in [5.41, 5.74) is -2.46. The molecule has 4 heterocycles. The third-order valence-corrected chi connectivity index (χ3v) is 21.2. The van der Waals surface area contributed by atoms with Gasteiger partial charge in [-0.2, -0.15) is 26.3 Å². The summed E-state index contributed by atoms with van der Waals surface area (Å²) in [5, 5.41) is 12.5. The number of halogens is 6. The fraction of sp³-hybridized carbons (Fsp3) is 0.638. The Labute approximate surface area is 429 Å². The van der Waals surface area contributed by atoms with Gasteiger partial charge in [0.05, 0.1) is 15.1 Å². The van der Waals surface area contributed by atoms with E-state index in [1.807, 2.05) is 20.8 Å². The number of ketones is 1. The van der Waals surface area contributed by atoms with Crippen molar-refractivity contribution in [2.75, 3.05) is 29.0 Å². The average molecular weight is 1120 g/mol. The monoisotopic (exact) mass is 1120 g/mol. The molecule has 1 saturated heterocycles. The van der Waals surface area contributed by atoms with E-state index in [1.54, 1.807) is 6.07 Å². The minimum atomic E-state index is -4.66. The summed E-state index contributed by atoms with van der Waals surface area (Å²) in [4.78, 5) is 56.6. The molecule has 3 amide bonds. The first-order chi connectivity index (χ1) is 33.0. The molecule has 0 aromatic carbocycles. The molecular formula is C47H69F6N7O11S3. The van der Waals surface area contributed by atoms with Gasteiger partial charge < -0.3 is 25.8 Å². The van der Waals surface area contributed by atoms with Gasteiger partial charge in [-0.1, -0.05) is 32.0 Å². The Bertz CT molecular complexity index is 2730. The van der Waals surface area contributed by atoms with Crippen LogP contribution in [0, 0.1) is 5.92 Å². The summed E-state index contributed by atoms with van der Waals surface area (Å²) in [6, 6.07) is 5.98. The van der Waals surface area contributed by atoms with Crippen molar-refractivity contribution in [2.24, 2.45) is 5.92 Å². The molecule has 3 aromatic heterocycles. The van der Waals surface area contributed by atoms with E-state index in [-0.39, 0.29) is 28.8 Å². The molecule has 18 nitrogen and oxygen atoms in total. The quantitative estimate of drug-likeness (QED) is 0.125. The molecule has 2 atom stereocenters. The molecule has 27 heteroatoms. The second-order valence-corrected chi connectivity index (χ2v) is 31.1. The maximum absolute atomic E-state index is 13.3. The van der Waals surface area contributed by atoms with Crippen LogP contribution in [0.4, 0.5) is 43.8 Å². The van der Waals surface area contributed by atoms with E-state index in [0.717, 1.165) is 43.4 Å². The number of aromatic nitrogens is 3.